The van der Waals surface area contributed by atoms with Crippen molar-refractivity contribution >= 4 is 134 Å². The molecular weight excluding hydrogens is 532 g/mol. The zero-order valence-electron chi connectivity index (χ0n) is 8.93. The van der Waals surface area contributed by atoms with Crippen molar-refractivity contribution in [1.29, 1.82) is 0 Å². The Morgan fingerprint density at radius 3 is 0.810 bits per heavy atom. The molecule has 0 aromatic carbocycles. The Labute approximate surface area is 162 Å². The molecule has 0 radical (unpaired) electrons. The van der Waals surface area contributed by atoms with E-state index in [1.807, 2.05) is 0 Å². The first kappa shape index (κ1) is 21.4. The van der Waals surface area contributed by atoms with E-state index in [1.54, 1.807) is 0 Å². The first-order valence-corrected chi connectivity index (χ1v) is 17.5. The van der Waals surface area contributed by atoms with Gasteiger partial charge in [0.05, 0.1) is 0 Å². The summed E-state index contributed by atoms with van der Waals surface area (Å²) in [7, 11) is 0. The Morgan fingerprint density at radius 2 is 0.667 bits per heavy atom. The van der Waals surface area contributed by atoms with Crippen LogP contribution in [0.4, 0.5) is 17.8 Å². The monoisotopic (exact) mass is 528 g/mol. The maximum Gasteiger partial charge on any atom is 0.257 e. The van der Waals surface area contributed by atoms with Gasteiger partial charge in [0, 0.05) is 0 Å². The zero-order chi connectivity index (χ0) is 16.5. The van der Waals surface area contributed by atoms with Gasteiger partial charge in [0.2, 0.25) is 15.3 Å². The molecule has 1 heterocycles. The van der Waals surface area contributed by atoms with Crippen LogP contribution >= 0.6 is 117 Å². The summed E-state index contributed by atoms with van der Waals surface area (Å²) in [5.41, 5.74) is 0. The smallest absolute Gasteiger partial charge is 0.185 e. The van der Waals surface area contributed by atoms with Crippen LogP contribution in [0.25, 0.3) is 0 Å². The van der Waals surface area contributed by atoms with Gasteiger partial charge in [-0.05, 0) is 101 Å². The molecule has 1 aromatic heterocycles. The summed E-state index contributed by atoms with van der Waals surface area (Å²) in [6.45, 7) is 0. The summed E-state index contributed by atoms with van der Waals surface area (Å²) in [5.74, 6) is -0.854. The van der Waals surface area contributed by atoms with Gasteiger partial charge in [-0.25, -0.2) is 0 Å². The molecule has 18 heteroatoms. The fourth-order valence-electron chi connectivity index (χ4n) is 0.782. The molecule has 0 N–H and O–H groups in total. The lowest BCUT2D eigenvalue weighted by Crippen LogP contribution is -1.86. The van der Waals surface area contributed by atoms with E-state index in [4.69, 9.17) is 101 Å². The number of halogens is 9. The predicted octanol–water partition coefficient (Wildman–Crippen LogP) is 9.75. The van der Waals surface area contributed by atoms with Crippen molar-refractivity contribution in [2.45, 2.75) is 0 Å². The minimum absolute atomic E-state index is 0.285. The second kappa shape index (κ2) is 8.13. The Bertz CT molecular complexity index is 566. The third-order valence-corrected chi connectivity index (χ3v) is 4.47. The molecule has 0 saturated heterocycles. The van der Waals surface area contributed by atoms with E-state index >= 15 is 0 Å². The molecule has 0 aliphatic rings. The molecule has 0 bridgehead atoms. The van der Waals surface area contributed by atoms with Crippen molar-refractivity contribution in [2.75, 3.05) is 0 Å². The molecule has 6 nitrogen and oxygen atoms in total. The maximum absolute atomic E-state index is 5.61. The van der Waals surface area contributed by atoms with Gasteiger partial charge in [-0.15, -0.1) is 0 Å². The Kier molecular flexibility index (Phi) is 8.26. The normalized spacial score (nSPS) is 13.0. The van der Waals surface area contributed by atoms with Crippen molar-refractivity contribution < 1.29 is 0 Å². The van der Waals surface area contributed by atoms with E-state index in [1.165, 1.54) is 0 Å². The van der Waals surface area contributed by atoms with Crippen LogP contribution in [0.5, 0.6) is 0 Å². The van der Waals surface area contributed by atoms with Crippen LogP contribution in [-0.2, 0) is 0 Å². The van der Waals surface area contributed by atoms with E-state index in [2.05, 4.69) is 29.2 Å². The molecule has 0 aliphatic heterocycles. The fraction of sp³-hybridized carbons (Fsp3) is 0. The van der Waals surface area contributed by atoms with E-state index in [-0.39, 0.29) is 17.8 Å². The minimum atomic E-state index is -3.15. The first-order valence-electron chi connectivity index (χ1n) is 4.13. The summed E-state index contributed by atoms with van der Waals surface area (Å²) >= 11 is 50.5. The van der Waals surface area contributed by atoms with Crippen LogP contribution in [0, 0.1) is 0 Å². The quantitative estimate of drug-likeness (QED) is 0.364. The molecule has 120 valence electrons. The van der Waals surface area contributed by atoms with Gasteiger partial charge in [-0.2, -0.15) is 29.2 Å². The average molecular weight is 532 g/mol. The van der Waals surface area contributed by atoms with Gasteiger partial charge in [0.1, 0.15) is 0 Å². The summed E-state index contributed by atoms with van der Waals surface area (Å²) < 4.78 is 11.0. The molecule has 0 atom stereocenters. The molecule has 0 fully saturated rings. The van der Waals surface area contributed by atoms with Crippen molar-refractivity contribution in [1.82, 2.24) is 15.0 Å². The fourth-order valence-corrected chi connectivity index (χ4v) is 3.48. The Hall–Kier alpha value is 2.31. The van der Waals surface area contributed by atoms with E-state index in [0.717, 1.165) is 0 Å². The number of hydrogen-bond donors (Lipinski definition) is 0. The van der Waals surface area contributed by atoms with Gasteiger partial charge in [0.15, 0.2) is 0 Å². The topological polar surface area (TPSA) is 75.8 Å². The highest BCUT2D eigenvalue weighted by atomic mass is 36.1. The van der Waals surface area contributed by atoms with Gasteiger partial charge < -0.3 is 0 Å². The van der Waals surface area contributed by atoms with Gasteiger partial charge in [-0.3, -0.25) is 0 Å². The number of nitrogens with zero attached hydrogens (tertiary/aromatic N) is 6. The van der Waals surface area contributed by atoms with Crippen molar-refractivity contribution in [3.63, 3.8) is 0 Å². The molecule has 0 unspecified atom stereocenters. The maximum atomic E-state index is 5.61. The van der Waals surface area contributed by atoms with Crippen LogP contribution in [0.1, 0.15) is 0 Å². The molecule has 1 rings (SSSR count). The Morgan fingerprint density at radius 1 is 0.476 bits per heavy atom. The second-order valence-electron chi connectivity index (χ2n) is 2.79. The number of hydrogen-bond acceptors (Lipinski definition) is 6. The summed E-state index contributed by atoms with van der Waals surface area (Å²) in [6.07, 6.45) is 0. The van der Waals surface area contributed by atoms with E-state index in [0.29, 0.717) is 0 Å². The molecule has 21 heavy (non-hydrogen) atoms. The highest BCUT2D eigenvalue weighted by Crippen LogP contribution is 2.68. The van der Waals surface area contributed by atoms with Crippen LogP contribution < -0.4 is 0 Å². The summed E-state index contributed by atoms with van der Waals surface area (Å²) in [4.78, 5) is 11.3. The first-order chi connectivity index (χ1) is 9.23. The lowest BCUT2D eigenvalue weighted by atomic mass is 10.8. The molecule has 0 aliphatic carbocycles. The highest BCUT2D eigenvalue weighted by Gasteiger charge is 2.15. The van der Waals surface area contributed by atoms with Crippen LogP contribution in [0.2, 0.25) is 0 Å². The third kappa shape index (κ3) is 10.7. The van der Waals surface area contributed by atoms with Crippen LogP contribution in [0.15, 0.2) is 14.2 Å². The van der Waals surface area contributed by atoms with Crippen LogP contribution in [0.3, 0.4) is 0 Å². The molecule has 1 aromatic rings. The lowest BCUT2D eigenvalue weighted by Gasteiger charge is -2.03. The van der Waals surface area contributed by atoms with Gasteiger partial charge in [0.25, 0.3) is 17.8 Å². The summed E-state index contributed by atoms with van der Waals surface area (Å²) in [5, 5.41) is -9.46. The number of aromatic nitrogens is 3. The SMILES string of the molecule is ClP(Cl)(Cl)=Nc1nc(N=P(Cl)(Cl)Cl)nc(N=P(Cl)(Cl)Cl)n1. The van der Waals surface area contributed by atoms with E-state index in [9.17, 15) is 0 Å². The third-order valence-electron chi connectivity index (χ3n) is 1.21. The number of rotatable bonds is 3. The second-order valence-corrected chi connectivity index (χ2v) is 23.8. The summed E-state index contributed by atoms with van der Waals surface area (Å²) in [6, 6.07) is 0. The van der Waals surface area contributed by atoms with Crippen molar-refractivity contribution in [2.24, 2.45) is 14.2 Å². The van der Waals surface area contributed by atoms with Crippen LogP contribution in [-0.4, -0.2) is 15.0 Å². The molecular formula is C3Cl9N6P3. The van der Waals surface area contributed by atoms with Gasteiger partial charge >= 0.3 is 0 Å². The minimum Gasteiger partial charge on any atom is -0.185 e. The zero-order valence-corrected chi connectivity index (χ0v) is 18.4. The van der Waals surface area contributed by atoms with Crippen molar-refractivity contribution in [3.8, 4) is 0 Å². The largest absolute Gasteiger partial charge is 0.257 e. The van der Waals surface area contributed by atoms with Gasteiger partial charge in [-0.1, -0.05) is 0 Å². The molecule has 0 saturated carbocycles. The molecule has 0 spiro atoms. The Balaban J connectivity index is 3.56. The van der Waals surface area contributed by atoms with Crippen molar-refractivity contribution in [3.05, 3.63) is 0 Å². The predicted molar refractivity (Wildman–Crippen MR) is 99.5 cm³/mol. The lowest BCUT2D eigenvalue weighted by molar-refractivity contribution is 1.03. The standard InChI is InChI=1S/C3Cl9N6P3/c4-19(5,6)16-1-13-2(17-20(7,8)9)15-3(14-1)18-21(10,11)12. The highest BCUT2D eigenvalue weighted by molar-refractivity contribution is 8.27. The average Bonchev–Trinajstić information content (AvgIpc) is 2.06. The van der Waals surface area contributed by atoms with E-state index < -0.39 is 15.3 Å². The molecule has 0 amide bonds.